The summed E-state index contributed by atoms with van der Waals surface area (Å²) in [6.45, 7) is 4.69. The van der Waals surface area contributed by atoms with Crippen molar-refractivity contribution < 1.29 is 9.84 Å². The average Bonchev–Trinajstić information content (AvgIpc) is 3.12. The summed E-state index contributed by atoms with van der Waals surface area (Å²) in [4.78, 5) is 9.38. The van der Waals surface area contributed by atoms with Gasteiger partial charge in [0.05, 0.1) is 10.2 Å². The van der Waals surface area contributed by atoms with E-state index in [-0.39, 0.29) is 0 Å². The number of hydrogen-bond acceptors (Lipinski definition) is 6. The molecule has 2 aromatic carbocycles. The third kappa shape index (κ3) is 4.15. The van der Waals surface area contributed by atoms with Crippen molar-refractivity contribution in [3.63, 3.8) is 0 Å². The molecule has 1 aliphatic rings. The van der Waals surface area contributed by atoms with E-state index in [4.69, 9.17) is 9.72 Å². The first-order chi connectivity index (χ1) is 12.8. The fourth-order valence-electron chi connectivity index (χ4n) is 3.18. The summed E-state index contributed by atoms with van der Waals surface area (Å²) in [6, 6.07) is 17.9. The lowest BCUT2D eigenvalue weighted by atomic mass is 10.2. The zero-order chi connectivity index (χ0) is 17.8. The van der Waals surface area contributed by atoms with Gasteiger partial charge in [0.2, 0.25) is 0 Å². The molecule has 1 aliphatic heterocycles. The molecule has 0 aliphatic carbocycles. The Morgan fingerprint density at radius 3 is 2.50 bits per heavy atom. The average molecular weight is 369 g/mol. The molecule has 0 bridgehead atoms. The quantitative estimate of drug-likeness (QED) is 0.724. The van der Waals surface area contributed by atoms with Gasteiger partial charge in [0.25, 0.3) is 0 Å². The van der Waals surface area contributed by atoms with Crippen LogP contribution < -0.4 is 9.64 Å². The van der Waals surface area contributed by atoms with E-state index in [0.29, 0.717) is 13.2 Å². The standard InChI is InChI=1S/C20H23N3O2S/c24-16(15-25-17-6-2-1-3-7-17)14-22-10-12-23(13-11-22)20-21-18-8-4-5-9-19(18)26-20/h1-9,16,24H,10-15H2. The third-order valence-corrected chi connectivity index (χ3v) is 5.68. The highest BCUT2D eigenvalue weighted by Gasteiger charge is 2.21. The zero-order valence-corrected chi connectivity index (χ0v) is 15.4. The van der Waals surface area contributed by atoms with Crippen LogP contribution in [0, 0.1) is 0 Å². The molecule has 6 heteroatoms. The van der Waals surface area contributed by atoms with Crippen molar-refractivity contribution >= 4 is 26.7 Å². The van der Waals surface area contributed by atoms with Crippen molar-refractivity contribution in [3.8, 4) is 5.75 Å². The molecule has 2 heterocycles. The maximum absolute atomic E-state index is 10.3. The number of anilines is 1. The molecule has 0 spiro atoms. The minimum absolute atomic E-state index is 0.322. The van der Waals surface area contributed by atoms with Crippen LogP contribution in [0.25, 0.3) is 10.2 Å². The Labute approximate surface area is 157 Å². The fraction of sp³-hybridized carbons (Fsp3) is 0.350. The Hall–Kier alpha value is -2.15. The summed E-state index contributed by atoms with van der Waals surface area (Å²) in [5.41, 5.74) is 1.07. The molecule has 1 unspecified atom stereocenters. The van der Waals surface area contributed by atoms with Gasteiger partial charge < -0.3 is 14.7 Å². The number of fused-ring (bicyclic) bond motifs is 1. The van der Waals surface area contributed by atoms with Crippen LogP contribution in [0.1, 0.15) is 0 Å². The van der Waals surface area contributed by atoms with Crippen LogP contribution >= 0.6 is 11.3 Å². The van der Waals surface area contributed by atoms with E-state index in [9.17, 15) is 5.11 Å². The summed E-state index contributed by atoms with van der Waals surface area (Å²) in [6.07, 6.45) is -0.482. The molecule has 0 saturated carbocycles. The normalized spacial score (nSPS) is 16.7. The zero-order valence-electron chi connectivity index (χ0n) is 14.6. The van der Waals surface area contributed by atoms with Gasteiger partial charge in [0.15, 0.2) is 5.13 Å². The maximum Gasteiger partial charge on any atom is 0.186 e. The summed E-state index contributed by atoms with van der Waals surface area (Å²) in [7, 11) is 0. The van der Waals surface area contributed by atoms with Gasteiger partial charge >= 0.3 is 0 Å². The number of aliphatic hydroxyl groups is 1. The van der Waals surface area contributed by atoms with Gasteiger partial charge in [0.1, 0.15) is 18.5 Å². The van der Waals surface area contributed by atoms with E-state index in [1.807, 2.05) is 36.4 Å². The van der Waals surface area contributed by atoms with Crippen LogP contribution in [0.3, 0.4) is 0 Å². The van der Waals surface area contributed by atoms with Crippen molar-refractivity contribution in [1.29, 1.82) is 0 Å². The van der Waals surface area contributed by atoms with Crippen LogP contribution in [0.4, 0.5) is 5.13 Å². The Bertz CT molecular complexity index is 798. The molecule has 1 fully saturated rings. The second-order valence-corrected chi connectivity index (χ2v) is 7.54. The number of piperazine rings is 1. The highest BCUT2D eigenvalue weighted by molar-refractivity contribution is 7.22. The van der Waals surface area contributed by atoms with Gasteiger partial charge in [-0.1, -0.05) is 41.7 Å². The molecular formula is C20H23N3O2S. The van der Waals surface area contributed by atoms with Crippen molar-refractivity contribution in [2.75, 3.05) is 44.2 Å². The van der Waals surface area contributed by atoms with Crippen LogP contribution in [-0.4, -0.2) is 60.4 Å². The van der Waals surface area contributed by atoms with Gasteiger partial charge in [-0.2, -0.15) is 0 Å². The highest BCUT2D eigenvalue weighted by atomic mass is 32.1. The number of hydrogen-bond donors (Lipinski definition) is 1. The number of ether oxygens (including phenoxy) is 1. The molecule has 1 saturated heterocycles. The van der Waals surface area contributed by atoms with Crippen molar-refractivity contribution in [2.24, 2.45) is 0 Å². The number of para-hydroxylation sites is 2. The molecule has 4 rings (SSSR count). The Kier molecular flexibility index (Phi) is 5.34. The second-order valence-electron chi connectivity index (χ2n) is 6.53. The largest absolute Gasteiger partial charge is 0.491 e. The number of thiazole rings is 1. The highest BCUT2D eigenvalue weighted by Crippen LogP contribution is 2.29. The van der Waals surface area contributed by atoms with Gasteiger partial charge in [-0.3, -0.25) is 4.90 Å². The van der Waals surface area contributed by atoms with Crippen LogP contribution in [0.2, 0.25) is 0 Å². The molecular weight excluding hydrogens is 346 g/mol. The van der Waals surface area contributed by atoms with E-state index in [1.54, 1.807) is 11.3 Å². The molecule has 1 aromatic heterocycles. The van der Waals surface area contributed by atoms with Crippen molar-refractivity contribution in [3.05, 3.63) is 54.6 Å². The maximum atomic E-state index is 10.3. The Morgan fingerprint density at radius 1 is 1.00 bits per heavy atom. The van der Waals surface area contributed by atoms with Crippen LogP contribution in [0.5, 0.6) is 5.75 Å². The predicted molar refractivity (Wildman–Crippen MR) is 106 cm³/mol. The number of β-amino-alcohol motifs (C(OH)–C–C–N with tert-alkyl or cyclic N) is 1. The minimum atomic E-state index is -0.482. The number of nitrogens with zero attached hydrogens (tertiary/aromatic N) is 3. The van der Waals surface area contributed by atoms with E-state index in [1.165, 1.54) is 4.70 Å². The van der Waals surface area contributed by atoms with Crippen molar-refractivity contribution in [1.82, 2.24) is 9.88 Å². The monoisotopic (exact) mass is 369 g/mol. The lowest BCUT2D eigenvalue weighted by Crippen LogP contribution is -2.49. The summed E-state index contributed by atoms with van der Waals surface area (Å²) >= 11 is 1.75. The molecule has 3 aromatic rings. The lowest BCUT2D eigenvalue weighted by Gasteiger charge is -2.35. The summed E-state index contributed by atoms with van der Waals surface area (Å²) in [5.74, 6) is 0.798. The van der Waals surface area contributed by atoms with E-state index < -0.39 is 6.10 Å². The molecule has 0 radical (unpaired) electrons. The van der Waals surface area contributed by atoms with Gasteiger partial charge in [-0.15, -0.1) is 0 Å². The Balaban J connectivity index is 1.25. The third-order valence-electron chi connectivity index (χ3n) is 4.58. The smallest absolute Gasteiger partial charge is 0.186 e. The first-order valence-corrected chi connectivity index (χ1v) is 9.78. The van der Waals surface area contributed by atoms with E-state index >= 15 is 0 Å². The minimum Gasteiger partial charge on any atom is -0.491 e. The summed E-state index contributed by atoms with van der Waals surface area (Å²) < 4.78 is 6.87. The SMILES string of the molecule is OC(COc1ccccc1)CN1CCN(c2nc3ccccc3s2)CC1. The Morgan fingerprint density at radius 2 is 1.73 bits per heavy atom. The van der Waals surface area contributed by atoms with Gasteiger partial charge in [0, 0.05) is 32.7 Å². The van der Waals surface area contributed by atoms with Crippen LogP contribution in [-0.2, 0) is 0 Å². The molecule has 26 heavy (non-hydrogen) atoms. The topological polar surface area (TPSA) is 48.8 Å². The molecule has 136 valence electrons. The van der Waals surface area contributed by atoms with Crippen LogP contribution in [0.15, 0.2) is 54.6 Å². The second kappa shape index (κ2) is 8.03. The summed E-state index contributed by atoms with van der Waals surface area (Å²) in [5, 5.41) is 11.3. The number of benzene rings is 2. The molecule has 0 amide bonds. The predicted octanol–water partition coefficient (Wildman–Crippen LogP) is 2.86. The number of aromatic nitrogens is 1. The lowest BCUT2D eigenvalue weighted by molar-refractivity contribution is 0.0663. The van der Waals surface area contributed by atoms with Gasteiger partial charge in [-0.05, 0) is 24.3 Å². The van der Waals surface area contributed by atoms with Crippen molar-refractivity contribution in [2.45, 2.75) is 6.10 Å². The number of aliphatic hydroxyl groups excluding tert-OH is 1. The van der Waals surface area contributed by atoms with E-state index in [0.717, 1.165) is 42.6 Å². The fourth-order valence-corrected chi connectivity index (χ4v) is 4.19. The van der Waals surface area contributed by atoms with Gasteiger partial charge in [-0.25, -0.2) is 4.98 Å². The molecule has 5 nitrogen and oxygen atoms in total. The van der Waals surface area contributed by atoms with E-state index in [2.05, 4.69) is 28.0 Å². The molecule has 1 atom stereocenters. The number of rotatable bonds is 6. The first-order valence-electron chi connectivity index (χ1n) is 8.97. The molecule has 1 N–H and O–H groups in total. The first kappa shape index (κ1) is 17.3.